The van der Waals surface area contributed by atoms with E-state index in [-0.39, 0.29) is 0 Å². The molecule has 0 saturated heterocycles. The monoisotopic (exact) mass is 347 g/mol. The van der Waals surface area contributed by atoms with Crippen LogP contribution < -0.4 is 10.1 Å². The van der Waals surface area contributed by atoms with Gasteiger partial charge in [0.1, 0.15) is 5.75 Å². The van der Waals surface area contributed by atoms with Gasteiger partial charge >= 0.3 is 5.97 Å². The highest BCUT2D eigenvalue weighted by Gasteiger charge is 2.19. The topological polar surface area (TPSA) is 81.7 Å². The smallest absolute Gasteiger partial charge is 0.347 e. The summed E-state index contributed by atoms with van der Waals surface area (Å²) >= 11 is 1.21. The number of aryl methyl sites for hydroxylation is 1. The highest BCUT2D eigenvalue weighted by atomic mass is 32.1. The summed E-state index contributed by atoms with van der Waals surface area (Å²) < 4.78 is 10.3. The minimum atomic E-state index is -0.868. The van der Waals surface area contributed by atoms with Crippen LogP contribution in [0, 0.1) is 6.92 Å². The SMILES string of the molecule is Cc1cccc(O[C@@H](C)C(=O)OCC(=O)NC(=O)c2cccs2)c1. The molecule has 1 aromatic heterocycles. The maximum atomic E-state index is 11.8. The highest BCUT2D eigenvalue weighted by molar-refractivity contribution is 7.12. The first-order chi connectivity index (χ1) is 11.5. The summed E-state index contributed by atoms with van der Waals surface area (Å²) in [4.78, 5) is 35.6. The summed E-state index contributed by atoms with van der Waals surface area (Å²) in [5.41, 5.74) is 1.000. The van der Waals surface area contributed by atoms with Gasteiger partial charge in [0.2, 0.25) is 0 Å². The molecule has 2 rings (SSSR count). The number of rotatable bonds is 6. The van der Waals surface area contributed by atoms with E-state index in [2.05, 4.69) is 5.32 Å². The molecule has 1 aromatic carbocycles. The normalized spacial score (nSPS) is 11.4. The molecule has 0 spiro atoms. The summed E-state index contributed by atoms with van der Waals surface area (Å²) in [5.74, 6) is -1.35. The Labute approximate surface area is 143 Å². The minimum Gasteiger partial charge on any atom is -0.479 e. The lowest BCUT2D eigenvalue weighted by Crippen LogP contribution is -2.35. The summed E-state index contributed by atoms with van der Waals surface area (Å²) in [6, 6.07) is 10.5. The van der Waals surface area contributed by atoms with Gasteiger partial charge in [0, 0.05) is 0 Å². The molecule has 126 valence electrons. The third kappa shape index (κ3) is 5.20. The molecule has 2 aromatic rings. The third-order valence-corrected chi connectivity index (χ3v) is 3.85. The molecule has 0 bridgehead atoms. The molecular formula is C17H17NO5S. The lowest BCUT2D eigenvalue weighted by atomic mass is 10.2. The van der Waals surface area contributed by atoms with Crippen molar-refractivity contribution in [2.45, 2.75) is 20.0 Å². The number of imide groups is 1. The van der Waals surface area contributed by atoms with Gasteiger partial charge in [0.15, 0.2) is 12.7 Å². The fourth-order valence-corrected chi connectivity index (χ4v) is 2.45. The Bertz CT molecular complexity index is 726. The van der Waals surface area contributed by atoms with Crippen molar-refractivity contribution >= 4 is 29.1 Å². The first-order valence-electron chi connectivity index (χ1n) is 7.23. The van der Waals surface area contributed by atoms with E-state index in [1.807, 2.05) is 19.1 Å². The zero-order valence-corrected chi connectivity index (χ0v) is 14.1. The van der Waals surface area contributed by atoms with E-state index in [0.717, 1.165) is 5.56 Å². The van der Waals surface area contributed by atoms with Gasteiger partial charge in [0.25, 0.3) is 11.8 Å². The number of esters is 1. The molecule has 0 fully saturated rings. The molecule has 24 heavy (non-hydrogen) atoms. The molecule has 0 radical (unpaired) electrons. The molecule has 0 aliphatic rings. The van der Waals surface area contributed by atoms with Crippen LogP contribution in [0.15, 0.2) is 41.8 Å². The molecule has 0 aliphatic carbocycles. The largest absolute Gasteiger partial charge is 0.479 e. The number of carbonyl (C=O) groups is 3. The van der Waals surface area contributed by atoms with Gasteiger partial charge in [-0.1, -0.05) is 18.2 Å². The van der Waals surface area contributed by atoms with Crippen LogP contribution in [0.5, 0.6) is 5.75 Å². The quantitative estimate of drug-likeness (QED) is 0.811. The number of amides is 2. The van der Waals surface area contributed by atoms with Crippen molar-refractivity contribution in [3.8, 4) is 5.75 Å². The van der Waals surface area contributed by atoms with Crippen LogP contribution in [0.25, 0.3) is 0 Å². The summed E-state index contributed by atoms with van der Waals surface area (Å²) in [6.45, 7) is 2.89. The van der Waals surface area contributed by atoms with Crippen molar-refractivity contribution in [1.82, 2.24) is 5.32 Å². The number of nitrogens with one attached hydrogen (secondary N) is 1. The molecular weight excluding hydrogens is 330 g/mol. The second-order valence-electron chi connectivity index (χ2n) is 5.04. The van der Waals surface area contributed by atoms with Crippen molar-refractivity contribution in [1.29, 1.82) is 0 Å². The fraction of sp³-hybridized carbons (Fsp3) is 0.235. The van der Waals surface area contributed by atoms with E-state index in [1.54, 1.807) is 29.6 Å². The average molecular weight is 347 g/mol. The molecule has 0 saturated carbocycles. The van der Waals surface area contributed by atoms with E-state index in [4.69, 9.17) is 9.47 Å². The van der Waals surface area contributed by atoms with E-state index in [1.165, 1.54) is 18.3 Å². The maximum Gasteiger partial charge on any atom is 0.347 e. The Kier molecular flexibility index (Phi) is 6.08. The predicted molar refractivity (Wildman–Crippen MR) is 89.0 cm³/mol. The van der Waals surface area contributed by atoms with E-state index in [0.29, 0.717) is 10.6 Å². The van der Waals surface area contributed by atoms with Crippen LogP contribution in [0.4, 0.5) is 0 Å². The number of hydrogen-bond acceptors (Lipinski definition) is 6. The van der Waals surface area contributed by atoms with Gasteiger partial charge in [0.05, 0.1) is 4.88 Å². The average Bonchev–Trinajstić information content (AvgIpc) is 3.07. The van der Waals surface area contributed by atoms with Gasteiger partial charge in [-0.15, -0.1) is 11.3 Å². The second kappa shape index (κ2) is 8.26. The molecule has 7 heteroatoms. The molecule has 0 unspecified atom stereocenters. The zero-order chi connectivity index (χ0) is 17.5. The number of hydrogen-bond donors (Lipinski definition) is 1. The predicted octanol–water partition coefficient (Wildman–Crippen LogP) is 2.32. The zero-order valence-electron chi connectivity index (χ0n) is 13.3. The highest BCUT2D eigenvalue weighted by Crippen LogP contribution is 2.14. The number of carbonyl (C=O) groups excluding carboxylic acids is 3. The second-order valence-corrected chi connectivity index (χ2v) is 5.99. The van der Waals surface area contributed by atoms with Crippen LogP contribution in [-0.4, -0.2) is 30.5 Å². The van der Waals surface area contributed by atoms with Crippen molar-refractivity contribution in [3.63, 3.8) is 0 Å². The van der Waals surface area contributed by atoms with Crippen LogP contribution in [0.2, 0.25) is 0 Å². The van der Waals surface area contributed by atoms with Crippen LogP contribution in [-0.2, 0) is 14.3 Å². The van der Waals surface area contributed by atoms with E-state index in [9.17, 15) is 14.4 Å². The van der Waals surface area contributed by atoms with Crippen LogP contribution in [0.3, 0.4) is 0 Å². The van der Waals surface area contributed by atoms with Crippen molar-refractivity contribution in [3.05, 3.63) is 52.2 Å². The maximum absolute atomic E-state index is 11.8. The Morgan fingerprint density at radius 1 is 1.21 bits per heavy atom. The standard InChI is InChI=1S/C17H17NO5S/c1-11-5-3-6-13(9-11)23-12(2)17(21)22-10-15(19)18-16(20)14-7-4-8-24-14/h3-9,12H,10H2,1-2H3,(H,18,19,20)/t12-/m0/s1. The van der Waals surface area contributed by atoms with Gasteiger partial charge in [-0.05, 0) is 43.0 Å². The van der Waals surface area contributed by atoms with Crippen LogP contribution >= 0.6 is 11.3 Å². The molecule has 2 amide bonds. The lowest BCUT2D eigenvalue weighted by Gasteiger charge is -2.14. The Morgan fingerprint density at radius 3 is 2.67 bits per heavy atom. The number of benzene rings is 1. The van der Waals surface area contributed by atoms with Gasteiger partial charge in [-0.25, -0.2) is 4.79 Å². The summed E-state index contributed by atoms with van der Waals surface area (Å²) in [7, 11) is 0. The van der Waals surface area contributed by atoms with E-state index >= 15 is 0 Å². The lowest BCUT2D eigenvalue weighted by molar-refractivity contribution is -0.154. The Hall–Kier alpha value is -2.67. The Balaban J connectivity index is 1.77. The van der Waals surface area contributed by atoms with Crippen LogP contribution in [0.1, 0.15) is 22.2 Å². The molecule has 0 aliphatic heterocycles. The third-order valence-electron chi connectivity index (χ3n) is 2.98. The molecule has 6 nitrogen and oxygen atoms in total. The summed E-state index contributed by atoms with van der Waals surface area (Å²) in [6.07, 6.45) is -0.868. The fourth-order valence-electron chi connectivity index (χ4n) is 1.83. The van der Waals surface area contributed by atoms with Gasteiger partial charge < -0.3 is 9.47 Å². The van der Waals surface area contributed by atoms with Gasteiger partial charge in [-0.2, -0.15) is 0 Å². The number of thiophene rings is 1. The van der Waals surface area contributed by atoms with Gasteiger partial charge in [-0.3, -0.25) is 14.9 Å². The molecule has 1 atom stereocenters. The minimum absolute atomic E-state index is 0.408. The van der Waals surface area contributed by atoms with Crippen molar-refractivity contribution in [2.24, 2.45) is 0 Å². The Morgan fingerprint density at radius 2 is 2.00 bits per heavy atom. The summed E-state index contributed by atoms with van der Waals surface area (Å²) in [5, 5.41) is 3.87. The number of ether oxygens (including phenoxy) is 2. The molecule has 1 heterocycles. The van der Waals surface area contributed by atoms with Crippen molar-refractivity contribution < 1.29 is 23.9 Å². The first kappa shape index (κ1) is 17.7. The first-order valence-corrected chi connectivity index (χ1v) is 8.11. The van der Waals surface area contributed by atoms with Crippen molar-refractivity contribution in [2.75, 3.05) is 6.61 Å². The molecule has 1 N–H and O–H groups in total. The van der Waals surface area contributed by atoms with E-state index < -0.39 is 30.5 Å².